The molecule has 0 spiro atoms. The second-order valence-corrected chi connectivity index (χ2v) is 5.61. The normalized spacial score (nSPS) is 12.7. The largest absolute Gasteiger partial charge is 0.310 e. The van der Waals surface area contributed by atoms with E-state index in [1.807, 2.05) is 11.7 Å². The fourth-order valence-electron chi connectivity index (χ4n) is 2.65. The van der Waals surface area contributed by atoms with E-state index < -0.39 is 0 Å². The van der Waals surface area contributed by atoms with Crippen LogP contribution in [0.2, 0.25) is 0 Å². The lowest BCUT2D eigenvalue weighted by molar-refractivity contribution is 0.575. The molecule has 0 unspecified atom stereocenters. The quantitative estimate of drug-likeness (QED) is 0.904. The molecule has 0 saturated carbocycles. The van der Waals surface area contributed by atoms with Crippen LogP contribution in [-0.4, -0.2) is 16.3 Å². The molecular formula is C17H25N3. The van der Waals surface area contributed by atoms with Crippen LogP contribution in [0, 0.1) is 20.8 Å². The number of aryl methyl sites for hydroxylation is 3. The molecular weight excluding hydrogens is 246 g/mol. The van der Waals surface area contributed by atoms with Crippen LogP contribution in [0.4, 0.5) is 0 Å². The maximum Gasteiger partial charge on any atom is 0.0628 e. The van der Waals surface area contributed by atoms with Gasteiger partial charge >= 0.3 is 0 Å². The van der Waals surface area contributed by atoms with E-state index in [4.69, 9.17) is 0 Å². The minimum atomic E-state index is 0.382. The second-order valence-electron chi connectivity index (χ2n) is 5.61. The number of aromatic nitrogens is 2. The number of nitrogens with one attached hydrogen (secondary N) is 1. The van der Waals surface area contributed by atoms with Crippen LogP contribution in [0.15, 0.2) is 24.3 Å². The van der Waals surface area contributed by atoms with Crippen LogP contribution < -0.4 is 5.32 Å². The Bertz CT molecular complexity index is 584. The third kappa shape index (κ3) is 3.28. The maximum atomic E-state index is 4.47. The summed E-state index contributed by atoms with van der Waals surface area (Å²) in [5.41, 5.74) is 6.46. The Kier molecular flexibility index (Phi) is 4.61. The monoisotopic (exact) mass is 271 g/mol. The lowest BCUT2D eigenvalue weighted by Gasteiger charge is -2.15. The molecule has 1 heterocycles. The van der Waals surface area contributed by atoms with Crippen molar-refractivity contribution in [3.8, 4) is 0 Å². The summed E-state index contributed by atoms with van der Waals surface area (Å²) in [5, 5.41) is 8.07. The fraction of sp³-hybridized carbons (Fsp3) is 0.471. The van der Waals surface area contributed by atoms with Crippen molar-refractivity contribution in [1.29, 1.82) is 0 Å². The van der Waals surface area contributed by atoms with Gasteiger partial charge in [-0.2, -0.15) is 5.10 Å². The summed E-state index contributed by atoms with van der Waals surface area (Å²) in [4.78, 5) is 0. The lowest BCUT2D eigenvalue weighted by atomic mass is 10.1. The van der Waals surface area contributed by atoms with E-state index in [0.717, 1.165) is 18.7 Å². The zero-order valence-electron chi connectivity index (χ0n) is 13.2. The predicted octanol–water partition coefficient (Wildman–Crippen LogP) is 3.24. The summed E-state index contributed by atoms with van der Waals surface area (Å²) in [6.45, 7) is 9.56. The van der Waals surface area contributed by atoms with E-state index >= 15 is 0 Å². The van der Waals surface area contributed by atoms with Crippen molar-refractivity contribution >= 4 is 0 Å². The molecule has 0 amide bonds. The third-order valence-corrected chi connectivity index (χ3v) is 4.03. The lowest BCUT2D eigenvalue weighted by Crippen LogP contribution is -2.21. The van der Waals surface area contributed by atoms with Crippen LogP contribution in [-0.2, 0) is 13.5 Å². The van der Waals surface area contributed by atoms with E-state index in [-0.39, 0.29) is 0 Å². The molecule has 2 rings (SSSR count). The topological polar surface area (TPSA) is 29.9 Å². The summed E-state index contributed by atoms with van der Waals surface area (Å²) in [6, 6.07) is 9.08. The van der Waals surface area contributed by atoms with E-state index in [0.29, 0.717) is 6.04 Å². The molecule has 0 fully saturated rings. The van der Waals surface area contributed by atoms with Crippen molar-refractivity contribution < 1.29 is 0 Å². The Labute approximate surface area is 122 Å². The van der Waals surface area contributed by atoms with Gasteiger partial charge in [-0.1, -0.05) is 29.8 Å². The molecule has 3 nitrogen and oxygen atoms in total. The van der Waals surface area contributed by atoms with E-state index in [1.54, 1.807) is 0 Å². The zero-order chi connectivity index (χ0) is 14.7. The molecule has 1 N–H and O–H groups in total. The molecule has 1 atom stereocenters. The first kappa shape index (κ1) is 14.8. The molecule has 3 heteroatoms. The average molecular weight is 271 g/mol. The molecule has 0 radical (unpaired) electrons. The number of hydrogen-bond donors (Lipinski definition) is 1. The summed E-state index contributed by atoms with van der Waals surface area (Å²) >= 11 is 0. The predicted molar refractivity (Wildman–Crippen MR) is 84.0 cm³/mol. The minimum absolute atomic E-state index is 0.382. The second kappa shape index (κ2) is 6.23. The summed E-state index contributed by atoms with van der Waals surface area (Å²) in [7, 11) is 2.01. The summed E-state index contributed by atoms with van der Waals surface area (Å²) in [6.07, 6.45) is 1.03. The zero-order valence-corrected chi connectivity index (χ0v) is 13.2. The number of nitrogens with zero attached hydrogens (tertiary/aromatic N) is 2. The molecule has 0 aliphatic carbocycles. The third-order valence-electron chi connectivity index (χ3n) is 4.03. The number of benzene rings is 1. The number of rotatable bonds is 5. The molecule has 0 aliphatic heterocycles. The van der Waals surface area contributed by atoms with E-state index in [1.165, 1.54) is 22.4 Å². The maximum absolute atomic E-state index is 4.47. The molecule has 1 aromatic carbocycles. The van der Waals surface area contributed by atoms with Crippen LogP contribution in [0.25, 0.3) is 0 Å². The average Bonchev–Trinajstić information content (AvgIpc) is 2.65. The van der Waals surface area contributed by atoms with Crippen LogP contribution in [0.1, 0.15) is 41.0 Å². The highest BCUT2D eigenvalue weighted by atomic mass is 15.3. The van der Waals surface area contributed by atoms with Crippen LogP contribution in [0.3, 0.4) is 0 Å². The highest BCUT2D eigenvalue weighted by molar-refractivity contribution is 5.26. The smallest absolute Gasteiger partial charge is 0.0628 e. The van der Waals surface area contributed by atoms with Gasteiger partial charge in [0.05, 0.1) is 5.69 Å². The first-order chi connectivity index (χ1) is 9.49. The summed E-state index contributed by atoms with van der Waals surface area (Å²) in [5.74, 6) is 0. The van der Waals surface area contributed by atoms with E-state index in [2.05, 4.69) is 62.4 Å². The van der Waals surface area contributed by atoms with Crippen molar-refractivity contribution in [3.05, 3.63) is 52.3 Å². The van der Waals surface area contributed by atoms with Gasteiger partial charge in [0.2, 0.25) is 0 Å². The first-order valence-corrected chi connectivity index (χ1v) is 7.28. The van der Waals surface area contributed by atoms with Crippen molar-refractivity contribution in [2.45, 2.75) is 40.2 Å². The molecule has 0 saturated heterocycles. The molecule has 0 aliphatic rings. The van der Waals surface area contributed by atoms with Crippen LogP contribution in [0.5, 0.6) is 0 Å². The van der Waals surface area contributed by atoms with Gasteiger partial charge in [0.15, 0.2) is 0 Å². The fourth-order valence-corrected chi connectivity index (χ4v) is 2.65. The van der Waals surface area contributed by atoms with Gasteiger partial charge in [0, 0.05) is 18.8 Å². The number of hydrogen-bond acceptors (Lipinski definition) is 2. The van der Waals surface area contributed by atoms with Gasteiger partial charge in [-0.3, -0.25) is 4.68 Å². The van der Waals surface area contributed by atoms with Crippen molar-refractivity contribution in [3.63, 3.8) is 0 Å². The molecule has 1 aromatic heterocycles. The Balaban J connectivity index is 1.93. The van der Waals surface area contributed by atoms with Crippen LogP contribution >= 0.6 is 0 Å². The SMILES string of the molecule is Cc1cccc([C@@H](C)NCCc2c(C)nn(C)c2C)c1. The molecule has 108 valence electrons. The van der Waals surface area contributed by atoms with E-state index in [9.17, 15) is 0 Å². The van der Waals surface area contributed by atoms with Gasteiger partial charge in [0.1, 0.15) is 0 Å². The standard InChI is InChI=1S/C17H25N3/c1-12-7-6-8-16(11-12)13(2)18-10-9-17-14(3)19-20(5)15(17)4/h6-8,11,13,18H,9-10H2,1-5H3/t13-/m1/s1. The highest BCUT2D eigenvalue weighted by Crippen LogP contribution is 2.15. The Morgan fingerprint density at radius 3 is 2.60 bits per heavy atom. The highest BCUT2D eigenvalue weighted by Gasteiger charge is 2.10. The van der Waals surface area contributed by atoms with Crippen molar-refractivity contribution in [2.24, 2.45) is 7.05 Å². The molecule has 20 heavy (non-hydrogen) atoms. The van der Waals surface area contributed by atoms with Gasteiger partial charge < -0.3 is 5.32 Å². The van der Waals surface area contributed by atoms with Gasteiger partial charge in [0.25, 0.3) is 0 Å². The van der Waals surface area contributed by atoms with Crippen molar-refractivity contribution in [1.82, 2.24) is 15.1 Å². The Morgan fingerprint density at radius 1 is 1.25 bits per heavy atom. The van der Waals surface area contributed by atoms with Gasteiger partial charge in [-0.25, -0.2) is 0 Å². The molecule has 0 bridgehead atoms. The minimum Gasteiger partial charge on any atom is -0.310 e. The van der Waals surface area contributed by atoms with Crippen molar-refractivity contribution in [2.75, 3.05) is 6.54 Å². The molecule has 2 aromatic rings. The van der Waals surface area contributed by atoms with Gasteiger partial charge in [-0.15, -0.1) is 0 Å². The Hall–Kier alpha value is -1.61. The Morgan fingerprint density at radius 2 is 2.00 bits per heavy atom. The summed E-state index contributed by atoms with van der Waals surface area (Å²) < 4.78 is 1.97. The first-order valence-electron chi connectivity index (χ1n) is 7.28. The van der Waals surface area contributed by atoms with Gasteiger partial charge in [-0.05, 0) is 51.8 Å².